The second kappa shape index (κ2) is 5.01. The average Bonchev–Trinajstić information content (AvgIpc) is 2.93. The quantitative estimate of drug-likeness (QED) is 0.831. The fourth-order valence-electron chi connectivity index (χ4n) is 5.73. The second-order valence-electron chi connectivity index (χ2n) is 7.63. The molecule has 1 saturated carbocycles. The van der Waals surface area contributed by atoms with Gasteiger partial charge in [-0.15, -0.1) is 0 Å². The molecular weight excluding hydrogens is 286 g/mol. The number of methoxy groups -OCH3 is 1. The van der Waals surface area contributed by atoms with Crippen LogP contribution in [-0.2, 0) is 6.42 Å². The van der Waals surface area contributed by atoms with Crippen molar-refractivity contribution in [3.8, 4) is 5.75 Å². The maximum Gasteiger partial charge on any atom is 0.138 e. The second-order valence-corrected chi connectivity index (χ2v) is 7.63. The molecule has 4 heterocycles. The lowest BCUT2D eigenvalue weighted by atomic mass is 9.65. The highest BCUT2D eigenvalue weighted by Crippen LogP contribution is 2.52. The summed E-state index contributed by atoms with van der Waals surface area (Å²) in [5.74, 6) is 4.53. The van der Waals surface area contributed by atoms with Crippen molar-refractivity contribution in [2.24, 2.45) is 11.8 Å². The van der Waals surface area contributed by atoms with Crippen LogP contribution in [0.25, 0.3) is 11.0 Å². The molecular formula is C20H25NO2. The minimum atomic E-state index is 0.585. The summed E-state index contributed by atoms with van der Waals surface area (Å²) in [5, 5.41) is 1.22. The topological polar surface area (TPSA) is 25.6 Å². The first-order valence-electron chi connectivity index (χ1n) is 9.12. The summed E-state index contributed by atoms with van der Waals surface area (Å²) < 4.78 is 12.1. The predicted molar refractivity (Wildman–Crippen MR) is 91.1 cm³/mol. The zero-order valence-electron chi connectivity index (χ0n) is 14.0. The van der Waals surface area contributed by atoms with Gasteiger partial charge in [0.1, 0.15) is 17.1 Å². The lowest BCUT2D eigenvalue weighted by Gasteiger charge is -2.52. The zero-order valence-corrected chi connectivity index (χ0v) is 14.0. The van der Waals surface area contributed by atoms with E-state index in [1.807, 2.05) is 6.07 Å². The van der Waals surface area contributed by atoms with Crippen molar-refractivity contribution >= 4 is 11.0 Å². The van der Waals surface area contributed by atoms with Crippen LogP contribution in [0.3, 0.4) is 0 Å². The van der Waals surface area contributed by atoms with E-state index in [-0.39, 0.29) is 0 Å². The van der Waals surface area contributed by atoms with Crippen molar-refractivity contribution in [3.63, 3.8) is 0 Å². The molecule has 1 aliphatic carbocycles. The molecule has 1 aromatic heterocycles. The van der Waals surface area contributed by atoms with Crippen LogP contribution in [-0.4, -0.2) is 31.1 Å². The minimum Gasteiger partial charge on any atom is -0.496 e. The average molecular weight is 311 g/mol. The number of nitrogens with zero attached hydrogens (tertiary/aromatic N) is 1. The van der Waals surface area contributed by atoms with Crippen LogP contribution in [0.2, 0.25) is 0 Å². The van der Waals surface area contributed by atoms with E-state index in [1.54, 1.807) is 7.11 Å². The summed E-state index contributed by atoms with van der Waals surface area (Å²) in [6.07, 6.45) is 5.13. The van der Waals surface area contributed by atoms with Crippen LogP contribution in [0.1, 0.15) is 43.4 Å². The van der Waals surface area contributed by atoms with Crippen LogP contribution in [0.15, 0.2) is 22.6 Å². The Hall–Kier alpha value is -1.48. The van der Waals surface area contributed by atoms with Crippen LogP contribution >= 0.6 is 0 Å². The van der Waals surface area contributed by atoms with Gasteiger partial charge in [-0.2, -0.15) is 0 Å². The van der Waals surface area contributed by atoms with E-state index in [9.17, 15) is 0 Å². The van der Waals surface area contributed by atoms with Crippen LogP contribution in [0.4, 0.5) is 0 Å². The Bertz CT molecular complexity index is 749. The van der Waals surface area contributed by atoms with Gasteiger partial charge in [0, 0.05) is 30.6 Å². The molecule has 3 fully saturated rings. The highest BCUT2D eigenvalue weighted by atomic mass is 16.5. The van der Waals surface area contributed by atoms with Gasteiger partial charge in [-0.25, -0.2) is 0 Å². The van der Waals surface area contributed by atoms with E-state index in [4.69, 9.17) is 9.15 Å². The van der Waals surface area contributed by atoms with E-state index in [0.29, 0.717) is 12.0 Å². The molecule has 1 aromatic carbocycles. The lowest BCUT2D eigenvalue weighted by molar-refractivity contribution is -0.0169. The molecule has 0 amide bonds. The van der Waals surface area contributed by atoms with Crippen molar-refractivity contribution < 1.29 is 9.15 Å². The van der Waals surface area contributed by atoms with Crippen molar-refractivity contribution in [1.29, 1.82) is 0 Å². The van der Waals surface area contributed by atoms with Gasteiger partial charge in [-0.3, -0.25) is 4.90 Å². The summed E-state index contributed by atoms with van der Waals surface area (Å²) in [5.41, 5.74) is 2.43. The minimum absolute atomic E-state index is 0.585. The van der Waals surface area contributed by atoms with Gasteiger partial charge < -0.3 is 9.15 Å². The Labute approximate surface area is 137 Å². The Morgan fingerprint density at radius 1 is 1.30 bits per heavy atom. The standard InChI is InChI=1S/C20H25NO2/c1-3-13-9-12-10-15-19(13)21(11-12)8-7-14-18-16(22-2)5-4-6-17(18)23-20(14)15/h4-6,12-13,15,19H,3,7-11H2,1-2H3. The fourth-order valence-corrected chi connectivity index (χ4v) is 5.73. The van der Waals surface area contributed by atoms with Crippen molar-refractivity contribution in [3.05, 3.63) is 29.5 Å². The van der Waals surface area contributed by atoms with Gasteiger partial charge in [-0.1, -0.05) is 19.4 Å². The molecule has 6 rings (SSSR count). The fraction of sp³-hybridized carbons (Fsp3) is 0.600. The third-order valence-corrected chi connectivity index (χ3v) is 6.57. The maximum atomic E-state index is 6.44. The zero-order chi connectivity index (χ0) is 15.6. The molecule has 3 heteroatoms. The molecule has 4 bridgehead atoms. The van der Waals surface area contributed by atoms with E-state index in [2.05, 4.69) is 24.0 Å². The first kappa shape index (κ1) is 13.9. The van der Waals surface area contributed by atoms with Gasteiger partial charge in [0.2, 0.25) is 0 Å². The van der Waals surface area contributed by atoms with Gasteiger partial charge in [-0.05, 0) is 43.2 Å². The van der Waals surface area contributed by atoms with Crippen LogP contribution in [0.5, 0.6) is 5.75 Å². The number of hydrogen-bond donors (Lipinski definition) is 0. The van der Waals surface area contributed by atoms with E-state index in [1.165, 1.54) is 49.1 Å². The molecule has 5 atom stereocenters. The number of rotatable bonds is 2. The van der Waals surface area contributed by atoms with E-state index < -0.39 is 0 Å². The van der Waals surface area contributed by atoms with Crippen LogP contribution < -0.4 is 4.74 Å². The number of furan rings is 1. The predicted octanol–water partition coefficient (Wildman–Crippen LogP) is 4.20. The molecule has 3 nitrogen and oxygen atoms in total. The molecule has 122 valence electrons. The number of fused-ring (bicyclic) bond motifs is 4. The van der Waals surface area contributed by atoms with Crippen molar-refractivity contribution in [1.82, 2.24) is 4.90 Å². The largest absolute Gasteiger partial charge is 0.496 e. The van der Waals surface area contributed by atoms with Gasteiger partial charge in [0.15, 0.2) is 0 Å². The van der Waals surface area contributed by atoms with E-state index in [0.717, 1.165) is 29.6 Å². The normalized spacial score (nSPS) is 35.1. The monoisotopic (exact) mass is 311 g/mol. The third kappa shape index (κ3) is 1.86. The van der Waals surface area contributed by atoms with Gasteiger partial charge in [0.25, 0.3) is 0 Å². The molecule has 0 spiro atoms. The molecule has 0 N–H and O–H groups in total. The summed E-state index contributed by atoms with van der Waals surface area (Å²) in [7, 11) is 1.77. The van der Waals surface area contributed by atoms with Crippen LogP contribution in [0, 0.1) is 11.8 Å². The van der Waals surface area contributed by atoms with Crippen molar-refractivity contribution in [2.45, 2.75) is 44.6 Å². The smallest absolute Gasteiger partial charge is 0.138 e. The molecule has 5 unspecified atom stereocenters. The number of ether oxygens (including phenoxy) is 1. The molecule has 0 radical (unpaired) electrons. The highest BCUT2D eigenvalue weighted by Gasteiger charge is 2.49. The lowest BCUT2D eigenvalue weighted by Crippen LogP contribution is -2.56. The Balaban J connectivity index is 1.70. The Kier molecular flexibility index (Phi) is 3.03. The third-order valence-electron chi connectivity index (χ3n) is 6.57. The summed E-state index contributed by atoms with van der Waals surface area (Å²) in [6, 6.07) is 6.90. The van der Waals surface area contributed by atoms with Gasteiger partial charge in [0.05, 0.1) is 12.5 Å². The molecule has 2 aromatic rings. The SMILES string of the molecule is CCC1CC2CC3c4oc5cccc(OC)c5c4CCN(C2)C13. The Morgan fingerprint density at radius 2 is 2.22 bits per heavy atom. The summed E-state index contributed by atoms with van der Waals surface area (Å²) >= 11 is 0. The molecule has 23 heavy (non-hydrogen) atoms. The highest BCUT2D eigenvalue weighted by molar-refractivity contribution is 5.89. The van der Waals surface area contributed by atoms with E-state index >= 15 is 0 Å². The first-order chi connectivity index (χ1) is 11.3. The first-order valence-corrected chi connectivity index (χ1v) is 9.12. The molecule has 3 aliphatic heterocycles. The summed E-state index contributed by atoms with van der Waals surface area (Å²) in [6.45, 7) is 4.84. The van der Waals surface area contributed by atoms with Crippen molar-refractivity contribution in [2.75, 3.05) is 20.2 Å². The number of piperidine rings is 2. The molecule has 4 aliphatic rings. The number of benzene rings is 1. The Morgan fingerprint density at radius 3 is 3.04 bits per heavy atom. The maximum absolute atomic E-state index is 6.44. The molecule has 2 saturated heterocycles. The number of hydrogen-bond acceptors (Lipinski definition) is 3. The summed E-state index contributed by atoms with van der Waals surface area (Å²) in [4.78, 5) is 2.77. The van der Waals surface area contributed by atoms with Gasteiger partial charge >= 0.3 is 0 Å².